The molecule has 0 aromatic heterocycles. The number of aliphatic carboxylic acids is 1. The maximum absolute atomic E-state index is 11.7. The molecule has 5 heteroatoms. The second kappa shape index (κ2) is 4.41. The van der Waals surface area contributed by atoms with Gasteiger partial charge in [0.05, 0.1) is 17.9 Å². The van der Waals surface area contributed by atoms with Gasteiger partial charge in [-0.2, -0.15) is 0 Å². The van der Waals surface area contributed by atoms with Crippen molar-refractivity contribution < 1.29 is 19.8 Å². The summed E-state index contributed by atoms with van der Waals surface area (Å²) in [7, 11) is 0. The van der Waals surface area contributed by atoms with Gasteiger partial charge < -0.3 is 15.5 Å². The van der Waals surface area contributed by atoms with Crippen molar-refractivity contribution in [3.8, 4) is 0 Å². The van der Waals surface area contributed by atoms with Crippen LogP contribution in [-0.4, -0.2) is 34.7 Å². The average molecular weight is 229 g/mol. The predicted molar refractivity (Wildman–Crippen MR) is 57.7 cm³/mol. The summed E-state index contributed by atoms with van der Waals surface area (Å²) in [5, 5.41) is 20.8. The van der Waals surface area contributed by atoms with E-state index in [9.17, 15) is 14.7 Å². The van der Waals surface area contributed by atoms with Gasteiger partial charge in [-0.25, -0.2) is 0 Å². The van der Waals surface area contributed by atoms with Crippen LogP contribution in [0.25, 0.3) is 0 Å². The van der Waals surface area contributed by atoms with Crippen LogP contribution in [0, 0.1) is 17.3 Å². The quantitative estimate of drug-likeness (QED) is 0.630. The highest BCUT2D eigenvalue weighted by atomic mass is 16.4. The number of rotatable bonds is 5. The number of hydrogen-bond donors (Lipinski definition) is 3. The molecule has 0 radical (unpaired) electrons. The van der Waals surface area contributed by atoms with Gasteiger partial charge in [0.25, 0.3) is 0 Å². The highest BCUT2D eigenvalue weighted by Gasteiger charge is 2.65. The van der Waals surface area contributed by atoms with E-state index in [1.807, 2.05) is 6.92 Å². The molecule has 0 aliphatic heterocycles. The SMILES string of the molecule is CCC(O)CNC(=O)C1C(C(=O)O)C1(C)C. The Morgan fingerprint density at radius 1 is 1.38 bits per heavy atom. The van der Waals surface area contributed by atoms with Crippen molar-refractivity contribution in [2.75, 3.05) is 6.54 Å². The summed E-state index contributed by atoms with van der Waals surface area (Å²) < 4.78 is 0. The first-order valence-corrected chi connectivity index (χ1v) is 5.51. The van der Waals surface area contributed by atoms with Gasteiger partial charge in [0.2, 0.25) is 5.91 Å². The normalized spacial score (nSPS) is 28.2. The predicted octanol–water partition coefficient (Wildman–Crippen LogP) is 0.230. The molecule has 5 nitrogen and oxygen atoms in total. The van der Waals surface area contributed by atoms with E-state index in [2.05, 4.69) is 5.32 Å². The van der Waals surface area contributed by atoms with E-state index in [-0.39, 0.29) is 12.5 Å². The second-order valence-corrected chi connectivity index (χ2v) is 4.92. The monoisotopic (exact) mass is 229 g/mol. The van der Waals surface area contributed by atoms with Crippen molar-refractivity contribution in [3.63, 3.8) is 0 Å². The fraction of sp³-hybridized carbons (Fsp3) is 0.818. The molecule has 0 spiro atoms. The molecule has 1 fully saturated rings. The minimum atomic E-state index is -0.929. The molecule has 1 rings (SSSR count). The molecular formula is C11H19NO4. The maximum Gasteiger partial charge on any atom is 0.307 e. The van der Waals surface area contributed by atoms with Crippen LogP contribution in [0.1, 0.15) is 27.2 Å². The van der Waals surface area contributed by atoms with Crippen molar-refractivity contribution >= 4 is 11.9 Å². The highest BCUT2D eigenvalue weighted by Crippen LogP contribution is 2.58. The van der Waals surface area contributed by atoms with Gasteiger partial charge in [0.15, 0.2) is 0 Å². The van der Waals surface area contributed by atoms with Gasteiger partial charge >= 0.3 is 5.97 Å². The molecule has 92 valence electrons. The van der Waals surface area contributed by atoms with Crippen LogP contribution in [0.4, 0.5) is 0 Å². The first-order valence-electron chi connectivity index (χ1n) is 5.51. The van der Waals surface area contributed by atoms with Gasteiger partial charge in [-0.05, 0) is 11.8 Å². The summed E-state index contributed by atoms with van der Waals surface area (Å²) >= 11 is 0. The van der Waals surface area contributed by atoms with E-state index in [0.717, 1.165) is 0 Å². The van der Waals surface area contributed by atoms with E-state index >= 15 is 0 Å². The van der Waals surface area contributed by atoms with Crippen molar-refractivity contribution in [2.24, 2.45) is 17.3 Å². The van der Waals surface area contributed by atoms with Crippen molar-refractivity contribution in [1.29, 1.82) is 0 Å². The topological polar surface area (TPSA) is 86.6 Å². The molecular weight excluding hydrogens is 210 g/mol. The Kier molecular flexibility index (Phi) is 3.57. The third kappa shape index (κ3) is 2.35. The lowest BCUT2D eigenvalue weighted by molar-refractivity contribution is -0.140. The molecule has 3 atom stereocenters. The van der Waals surface area contributed by atoms with E-state index in [0.29, 0.717) is 6.42 Å². The second-order valence-electron chi connectivity index (χ2n) is 4.92. The number of aliphatic hydroxyl groups is 1. The zero-order chi connectivity index (χ0) is 12.5. The van der Waals surface area contributed by atoms with Gasteiger partial charge in [-0.3, -0.25) is 9.59 Å². The Labute approximate surface area is 94.8 Å². The molecule has 0 saturated heterocycles. The van der Waals surface area contributed by atoms with Crippen LogP contribution >= 0.6 is 0 Å². The highest BCUT2D eigenvalue weighted by molar-refractivity contribution is 5.91. The number of amides is 1. The number of hydrogen-bond acceptors (Lipinski definition) is 3. The number of nitrogens with one attached hydrogen (secondary N) is 1. The summed E-state index contributed by atoms with van der Waals surface area (Å²) in [5.41, 5.74) is -0.479. The van der Waals surface area contributed by atoms with Crippen LogP contribution in [0.5, 0.6) is 0 Å². The van der Waals surface area contributed by atoms with Gasteiger partial charge in [-0.1, -0.05) is 20.8 Å². The molecule has 16 heavy (non-hydrogen) atoms. The molecule has 1 amide bonds. The summed E-state index contributed by atoms with van der Waals surface area (Å²) in [6.45, 7) is 5.55. The van der Waals surface area contributed by atoms with E-state index in [1.54, 1.807) is 13.8 Å². The maximum atomic E-state index is 11.7. The number of carbonyl (C=O) groups is 2. The Morgan fingerprint density at radius 3 is 2.31 bits per heavy atom. The third-order valence-electron chi connectivity index (χ3n) is 3.36. The Hall–Kier alpha value is -1.10. The zero-order valence-corrected chi connectivity index (χ0v) is 9.86. The third-order valence-corrected chi connectivity index (χ3v) is 3.36. The standard InChI is InChI=1S/C11H19NO4/c1-4-6(13)5-12-9(14)7-8(10(15)16)11(7,2)3/h6-8,13H,4-5H2,1-3H3,(H,12,14)(H,15,16). The van der Waals surface area contributed by atoms with Crippen LogP contribution in [-0.2, 0) is 9.59 Å². The van der Waals surface area contributed by atoms with Crippen LogP contribution in [0.15, 0.2) is 0 Å². The Morgan fingerprint density at radius 2 is 1.94 bits per heavy atom. The molecule has 0 bridgehead atoms. The van der Waals surface area contributed by atoms with Crippen molar-refractivity contribution in [3.05, 3.63) is 0 Å². The first kappa shape index (κ1) is 13.0. The molecule has 0 aromatic carbocycles. The molecule has 1 aliphatic carbocycles. The molecule has 1 aliphatic rings. The Balaban J connectivity index is 2.48. The zero-order valence-electron chi connectivity index (χ0n) is 9.86. The number of aliphatic hydroxyl groups excluding tert-OH is 1. The van der Waals surface area contributed by atoms with Crippen LogP contribution in [0.2, 0.25) is 0 Å². The minimum absolute atomic E-state index is 0.189. The molecule has 0 heterocycles. The van der Waals surface area contributed by atoms with Crippen molar-refractivity contribution in [2.45, 2.75) is 33.3 Å². The molecule has 3 unspecified atom stereocenters. The van der Waals surface area contributed by atoms with Gasteiger partial charge in [0.1, 0.15) is 0 Å². The largest absolute Gasteiger partial charge is 0.481 e. The lowest BCUT2D eigenvalue weighted by Gasteiger charge is -2.09. The number of carboxylic acid groups (broad SMARTS) is 1. The molecule has 0 aromatic rings. The summed E-state index contributed by atoms with van der Waals surface area (Å²) in [6, 6.07) is 0. The van der Waals surface area contributed by atoms with Gasteiger partial charge in [-0.15, -0.1) is 0 Å². The average Bonchev–Trinajstić information content (AvgIpc) is 2.77. The first-order chi connectivity index (χ1) is 7.32. The minimum Gasteiger partial charge on any atom is -0.481 e. The summed E-state index contributed by atoms with van der Waals surface area (Å²) in [4.78, 5) is 22.5. The van der Waals surface area contributed by atoms with Crippen LogP contribution < -0.4 is 5.32 Å². The van der Waals surface area contributed by atoms with Crippen molar-refractivity contribution in [1.82, 2.24) is 5.32 Å². The summed E-state index contributed by atoms with van der Waals surface area (Å²) in [6.07, 6.45) is 0.00514. The lowest BCUT2D eigenvalue weighted by atomic mass is 10.1. The fourth-order valence-electron chi connectivity index (χ4n) is 2.06. The lowest BCUT2D eigenvalue weighted by Crippen LogP contribution is -2.34. The number of carboxylic acids is 1. The fourth-order valence-corrected chi connectivity index (χ4v) is 2.06. The molecule has 3 N–H and O–H groups in total. The van der Waals surface area contributed by atoms with E-state index in [4.69, 9.17) is 5.11 Å². The molecule has 1 saturated carbocycles. The summed E-state index contributed by atoms with van der Waals surface area (Å²) in [5.74, 6) is -2.29. The van der Waals surface area contributed by atoms with E-state index in [1.165, 1.54) is 0 Å². The van der Waals surface area contributed by atoms with E-state index < -0.39 is 29.3 Å². The number of carbonyl (C=O) groups excluding carboxylic acids is 1. The van der Waals surface area contributed by atoms with Crippen LogP contribution in [0.3, 0.4) is 0 Å². The smallest absolute Gasteiger partial charge is 0.307 e. The Bertz CT molecular complexity index is 300. The van der Waals surface area contributed by atoms with Gasteiger partial charge in [0, 0.05) is 6.54 Å².